The van der Waals surface area contributed by atoms with Gasteiger partial charge >= 0.3 is 11.9 Å². The van der Waals surface area contributed by atoms with Crippen molar-refractivity contribution in [2.75, 3.05) is 40.3 Å². The highest BCUT2D eigenvalue weighted by atomic mass is 16.4. The third-order valence-corrected chi connectivity index (χ3v) is 2.87. The van der Waals surface area contributed by atoms with Gasteiger partial charge in [-0.15, -0.1) is 0 Å². The summed E-state index contributed by atoms with van der Waals surface area (Å²) in [5.41, 5.74) is 0. The highest BCUT2D eigenvalue weighted by molar-refractivity contribution is 5.67. The van der Waals surface area contributed by atoms with Crippen LogP contribution in [-0.4, -0.2) is 72.2 Å². The number of carbonyl (C=O) groups is 2. The molecular weight excluding hydrogens is 248 g/mol. The zero-order valence-corrected chi connectivity index (χ0v) is 12.0. The summed E-state index contributed by atoms with van der Waals surface area (Å²) < 4.78 is 0. The van der Waals surface area contributed by atoms with Crippen LogP contribution in [0.5, 0.6) is 0 Å². The van der Waals surface area contributed by atoms with E-state index in [1.54, 1.807) is 0 Å². The van der Waals surface area contributed by atoms with Gasteiger partial charge in [-0.25, -0.2) is 0 Å². The van der Waals surface area contributed by atoms with Crippen LogP contribution in [0.2, 0.25) is 0 Å². The molecule has 0 aromatic heterocycles. The number of nitrogens with zero attached hydrogens (tertiary/aromatic N) is 2. The summed E-state index contributed by atoms with van der Waals surface area (Å²) in [6.07, 6.45) is 2.85. The van der Waals surface area contributed by atoms with Crippen LogP contribution in [0, 0.1) is 0 Å². The van der Waals surface area contributed by atoms with E-state index in [-0.39, 0.29) is 12.8 Å². The molecule has 6 nitrogen and oxygen atoms in total. The first-order valence-corrected chi connectivity index (χ1v) is 6.72. The second kappa shape index (κ2) is 10.8. The Hall–Kier alpha value is -1.14. The predicted molar refractivity (Wildman–Crippen MR) is 73.4 cm³/mol. The summed E-state index contributed by atoms with van der Waals surface area (Å²) in [6, 6.07) is 0. The van der Waals surface area contributed by atoms with Crippen LogP contribution in [0.4, 0.5) is 0 Å². The molecule has 0 heterocycles. The summed E-state index contributed by atoms with van der Waals surface area (Å²) in [5, 5.41) is 17.2. The minimum absolute atomic E-state index is 0.155. The second-order valence-electron chi connectivity index (χ2n) is 4.99. The zero-order valence-electron chi connectivity index (χ0n) is 12.0. The summed E-state index contributed by atoms with van der Waals surface area (Å²) in [7, 11) is 3.98. The molecular formula is C13H26N2O4. The van der Waals surface area contributed by atoms with Gasteiger partial charge in [-0.2, -0.15) is 0 Å². The molecule has 0 unspecified atom stereocenters. The summed E-state index contributed by atoms with van der Waals surface area (Å²) in [5.74, 6) is -1.53. The Morgan fingerprint density at radius 1 is 0.789 bits per heavy atom. The topological polar surface area (TPSA) is 81.1 Å². The van der Waals surface area contributed by atoms with E-state index < -0.39 is 11.9 Å². The molecule has 2 N–H and O–H groups in total. The van der Waals surface area contributed by atoms with E-state index in [9.17, 15) is 9.59 Å². The van der Waals surface area contributed by atoms with Crippen molar-refractivity contribution in [2.45, 2.75) is 32.1 Å². The highest BCUT2D eigenvalue weighted by Crippen LogP contribution is 2.03. The Labute approximate surface area is 115 Å². The quantitative estimate of drug-likeness (QED) is 0.516. The van der Waals surface area contributed by atoms with Crippen molar-refractivity contribution in [3.63, 3.8) is 0 Å². The molecule has 0 rings (SSSR count). The number of carboxylic acid groups (broad SMARTS) is 2. The van der Waals surface area contributed by atoms with Crippen LogP contribution >= 0.6 is 0 Å². The minimum atomic E-state index is -0.777. The summed E-state index contributed by atoms with van der Waals surface area (Å²) in [4.78, 5) is 25.2. The van der Waals surface area contributed by atoms with Gasteiger partial charge in [-0.1, -0.05) is 6.42 Å². The lowest BCUT2D eigenvalue weighted by molar-refractivity contribution is -0.138. The van der Waals surface area contributed by atoms with Gasteiger partial charge in [0.2, 0.25) is 0 Å². The smallest absolute Gasteiger partial charge is 0.304 e. The van der Waals surface area contributed by atoms with Crippen molar-refractivity contribution in [1.29, 1.82) is 0 Å². The number of rotatable bonds is 12. The third kappa shape index (κ3) is 13.1. The van der Waals surface area contributed by atoms with E-state index in [0.29, 0.717) is 13.0 Å². The van der Waals surface area contributed by atoms with Crippen LogP contribution in [0.15, 0.2) is 0 Å². The van der Waals surface area contributed by atoms with Gasteiger partial charge in [0.25, 0.3) is 0 Å². The molecule has 19 heavy (non-hydrogen) atoms. The van der Waals surface area contributed by atoms with E-state index in [1.807, 2.05) is 14.1 Å². The average molecular weight is 274 g/mol. The monoisotopic (exact) mass is 274 g/mol. The molecule has 0 spiro atoms. The van der Waals surface area contributed by atoms with Crippen LogP contribution < -0.4 is 0 Å². The first kappa shape index (κ1) is 17.9. The number of likely N-dealkylation sites (N-methyl/N-ethyl adjacent to an activating group) is 1. The van der Waals surface area contributed by atoms with Crippen molar-refractivity contribution in [1.82, 2.24) is 9.80 Å². The fourth-order valence-corrected chi connectivity index (χ4v) is 1.72. The maximum absolute atomic E-state index is 10.6. The van der Waals surface area contributed by atoms with Crippen LogP contribution in [0.1, 0.15) is 32.1 Å². The molecule has 0 aliphatic heterocycles. The lowest BCUT2D eigenvalue weighted by Gasteiger charge is -2.23. The van der Waals surface area contributed by atoms with Crippen LogP contribution in [0.3, 0.4) is 0 Å². The maximum atomic E-state index is 10.6. The second-order valence-corrected chi connectivity index (χ2v) is 4.99. The molecule has 112 valence electrons. The molecule has 0 aliphatic carbocycles. The SMILES string of the molecule is CN(C)CCN(CCCCCC(=O)O)CCC(=O)O. The standard InChI is InChI=1S/C13H26N2O4/c1-14(2)10-11-15(9-7-13(18)19)8-5-3-4-6-12(16)17/h3-11H2,1-2H3,(H,16,17)(H,18,19). The van der Waals surface area contributed by atoms with Gasteiger partial charge in [-0.05, 0) is 33.5 Å². The molecule has 0 amide bonds. The number of hydrogen-bond donors (Lipinski definition) is 2. The van der Waals surface area contributed by atoms with Gasteiger partial charge in [0.15, 0.2) is 0 Å². The van der Waals surface area contributed by atoms with Crippen molar-refractivity contribution in [2.24, 2.45) is 0 Å². The first-order valence-electron chi connectivity index (χ1n) is 6.72. The number of aliphatic carboxylic acids is 2. The average Bonchev–Trinajstić information content (AvgIpc) is 2.30. The Morgan fingerprint density at radius 3 is 1.95 bits per heavy atom. The Kier molecular flexibility index (Phi) is 10.1. The maximum Gasteiger partial charge on any atom is 0.304 e. The number of carboxylic acids is 2. The fraction of sp³-hybridized carbons (Fsp3) is 0.846. The highest BCUT2D eigenvalue weighted by Gasteiger charge is 2.08. The van der Waals surface area contributed by atoms with Crippen molar-refractivity contribution in [3.05, 3.63) is 0 Å². The van der Waals surface area contributed by atoms with Gasteiger partial charge in [0, 0.05) is 26.1 Å². The first-order chi connectivity index (χ1) is 8.91. The van der Waals surface area contributed by atoms with Gasteiger partial charge in [0.05, 0.1) is 6.42 Å². The zero-order chi connectivity index (χ0) is 14.7. The van der Waals surface area contributed by atoms with E-state index in [2.05, 4.69) is 9.80 Å². The molecule has 6 heteroatoms. The predicted octanol–water partition coefficient (Wildman–Crippen LogP) is 0.970. The lowest BCUT2D eigenvalue weighted by Crippen LogP contribution is -2.34. The lowest BCUT2D eigenvalue weighted by atomic mass is 10.2. The van der Waals surface area contributed by atoms with Gasteiger partial charge < -0.3 is 20.0 Å². The minimum Gasteiger partial charge on any atom is -0.481 e. The molecule has 0 atom stereocenters. The molecule has 0 aromatic rings. The summed E-state index contributed by atoms with van der Waals surface area (Å²) in [6.45, 7) is 3.14. The molecule has 0 aromatic carbocycles. The molecule has 0 bridgehead atoms. The van der Waals surface area contributed by atoms with E-state index in [0.717, 1.165) is 32.5 Å². The molecule has 0 saturated carbocycles. The van der Waals surface area contributed by atoms with Gasteiger partial charge in [-0.3, -0.25) is 9.59 Å². The third-order valence-electron chi connectivity index (χ3n) is 2.87. The molecule has 0 fully saturated rings. The largest absolute Gasteiger partial charge is 0.481 e. The van der Waals surface area contributed by atoms with Crippen molar-refractivity contribution < 1.29 is 19.8 Å². The number of unbranched alkanes of at least 4 members (excludes halogenated alkanes) is 2. The summed E-state index contributed by atoms with van der Waals surface area (Å²) >= 11 is 0. The van der Waals surface area contributed by atoms with E-state index in [1.165, 1.54) is 0 Å². The Bertz CT molecular complexity index is 269. The van der Waals surface area contributed by atoms with Crippen molar-refractivity contribution in [3.8, 4) is 0 Å². The van der Waals surface area contributed by atoms with Crippen molar-refractivity contribution >= 4 is 11.9 Å². The van der Waals surface area contributed by atoms with Crippen LogP contribution in [-0.2, 0) is 9.59 Å². The molecule has 0 aliphatic rings. The molecule has 0 radical (unpaired) electrons. The van der Waals surface area contributed by atoms with E-state index in [4.69, 9.17) is 10.2 Å². The Balaban J connectivity index is 3.83. The molecule has 0 saturated heterocycles. The van der Waals surface area contributed by atoms with Crippen LogP contribution in [0.25, 0.3) is 0 Å². The Morgan fingerprint density at radius 2 is 1.42 bits per heavy atom. The van der Waals surface area contributed by atoms with E-state index >= 15 is 0 Å². The number of hydrogen-bond acceptors (Lipinski definition) is 4. The van der Waals surface area contributed by atoms with Gasteiger partial charge in [0.1, 0.15) is 0 Å². The normalized spacial score (nSPS) is 11.2. The fourth-order valence-electron chi connectivity index (χ4n) is 1.72.